The summed E-state index contributed by atoms with van der Waals surface area (Å²) in [5.41, 5.74) is -0.562. The summed E-state index contributed by atoms with van der Waals surface area (Å²) >= 11 is 17.5. The van der Waals surface area contributed by atoms with Gasteiger partial charge in [0, 0.05) is 0 Å². The first-order chi connectivity index (χ1) is 7.24. The molecule has 90 valence electrons. The molecule has 0 radical (unpaired) electrons. The van der Waals surface area contributed by atoms with Crippen molar-refractivity contribution in [3.8, 4) is 0 Å². The number of aliphatic hydroxyl groups is 1. The van der Waals surface area contributed by atoms with E-state index in [9.17, 15) is 5.11 Å². The van der Waals surface area contributed by atoms with Crippen LogP contribution in [0.25, 0.3) is 0 Å². The molecular weight excluding hydrogens is 270 g/mol. The molecule has 0 aliphatic carbocycles. The number of hydrogen-bond acceptors (Lipinski definition) is 3. The van der Waals surface area contributed by atoms with Crippen LogP contribution in [0, 0.1) is 0 Å². The second-order valence-corrected chi connectivity index (χ2v) is 5.29. The molecule has 0 aliphatic heterocycles. The first-order valence-electron chi connectivity index (χ1n) is 4.72. The Balaban J connectivity index is 3.02. The van der Waals surface area contributed by atoms with Gasteiger partial charge < -0.3 is 10.4 Å². The molecule has 0 bridgehead atoms. The molecule has 1 aromatic heterocycles. The molecule has 6 heteroatoms. The smallest absolute Gasteiger partial charge is 0.150 e. The Morgan fingerprint density at radius 3 is 2.38 bits per heavy atom. The lowest BCUT2D eigenvalue weighted by Crippen LogP contribution is -2.42. The Hall–Kier alpha value is -0.220. The third-order valence-corrected chi connectivity index (χ3v) is 3.33. The Bertz CT molecular complexity index is 394. The van der Waals surface area contributed by atoms with Crippen LogP contribution in [-0.2, 0) is 0 Å². The van der Waals surface area contributed by atoms with E-state index < -0.39 is 11.6 Å². The van der Waals surface area contributed by atoms with Crippen molar-refractivity contribution in [2.75, 3.05) is 5.32 Å². The highest BCUT2D eigenvalue weighted by atomic mass is 35.5. The maximum atomic E-state index is 9.56. The zero-order valence-electron chi connectivity index (χ0n) is 9.18. The third kappa shape index (κ3) is 3.14. The molecule has 0 aromatic carbocycles. The molecule has 1 aromatic rings. The standard InChI is InChI=1S/C10H13Cl3N2O/c1-5(16)10(2,3)15-9-7(12)4-6(11)8(13)14-9/h4-5,16H,1-3H3,(H,14,15). The Morgan fingerprint density at radius 1 is 1.31 bits per heavy atom. The summed E-state index contributed by atoms with van der Waals surface area (Å²) in [5.74, 6) is 0.405. The maximum absolute atomic E-state index is 9.56. The van der Waals surface area contributed by atoms with Crippen molar-refractivity contribution in [1.29, 1.82) is 0 Å². The molecule has 0 spiro atoms. The summed E-state index contributed by atoms with van der Waals surface area (Å²) in [7, 11) is 0. The van der Waals surface area contributed by atoms with Gasteiger partial charge in [0.1, 0.15) is 11.0 Å². The number of halogens is 3. The summed E-state index contributed by atoms with van der Waals surface area (Å²) in [6.07, 6.45) is -0.570. The summed E-state index contributed by atoms with van der Waals surface area (Å²) < 4.78 is 0. The van der Waals surface area contributed by atoms with Gasteiger partial charge in [-0.25, -0.2) is 4.98 Å². The van der Waals surface area contributed by atoms with Gasteiger partial charge in [0.25, 0.3) is 0 Å². The number of nitrogens with zero attached hydrogens (tertiary/aromatic N) is 1. The highest BCUT2D eigenvalue weighted by Crippen LogP contribution is 2.30. The number of pyridine rings is 1. The quantitative estimate of drug-likeness (QED) is 0.833. The van der Waals surface area contributed by atoms with E-state index in [0.29, 0.717) is 15.9 Å². The van der Waals surface area contributed by atoms with Crippen LogP contribution in [-0.4, -0.2) is 21.7 Å². The molecule has 1 unspecified atom stereocenters. The fourth-order valence-electron chi connectivity index (χ4n) is 0.941. The van der Waals surface area contributed by atoms with Crippen LogP contribution in [0.1, 0.15) is 20.8 Å². The summed E-state index contributed by atoms with van der Waals surface area (Å²) in [5, 5.41) is 13.4. The summed E-state index contributed by atoms with van der Waals surface area (Å²) in [4.78, 5) is 4.02. The minimum absolute atomic E-state index is 0.176. The van der Waals surface area contributed by atoms with Crippen molar-refractivity contribution >= 4 is 40.6 Å². The van der Waals surface area contributed by atoms with Gasteiger partial charge in [-0.3, -0.25) is 0 Å². The lowest BCUT2D eigenvalue weighted by molar-refractivity contribution is 0.133. The van der Waals surface area contributed by atoms with Crippen LogP contribution < -0.4 is 5.32 Å². The number of aliphatic hydroxyl groups excluding tert-OH is 1. The second-order valence-electron chi connectivity index (χ2n) is 4.11. The molecule has 3 nitrogen and oxygen atoms in total. The first-order valence-corrected chi connectivity index (χ1v) is 5.85. The number of nitrogens with one attached hydrogen (secondary N) is 1. The fraction of sp³-hybridized carbons (Fsp3) is 0.500. The van der Waals surface area contributed by atoms with E-state index in [-0.39, 0.29) is 5.15 Å². The molecule has 0 saturated carbocycles. The van der Waals surface area contributed by atoms with Gasteiger partial charge in [-0.15, -0.1) is 0 Å². The molecule has 0 fully saturated rings. The molecule has 0 saturated heterocycles. The molecule has 16 heavy (non-hydrogen) atoms. The molecule has 1 rings (SSSR count). The van der Waals surface area contributed by atoms with Gasteiger partial charge in [-0.05, 0) is 26.8 Å². The molecule has 1 heterocycles. The van der Waals surface area contributed by atoms with Crippen LogP contribution >= 0.6 is 34.8 Å². The Morgan fingerprint density at radius 2 is 1.88 bits per heavy atom. The first kappa shape index (κ1) is 13.8. The van der Waals surface area contributed by atoms with Crippen molar-refractivity contribution in [1.82, 2.24) is 4.98 Å². The number of aromatic nitrogens is 1. The van der Waals surface area contributed by atoms with Crippen LogP contribution in [0.4, 0.5) is 5.82 Å². The highest BCUT2D eigenvalue weighted by molar-refractivity contribution is 6.42. The molecular formula is C10H13Cl3N2O. The van der Waals surface area contributed by atoms with Gasteiger partial charge in [-0.1, -0.05) is 34.8 Å². The van der Waals surface area contributed by atoms with Gasteiger partial charge >= 0.3 is 0 Å². The monoisotopic (exact) mass is 282 g/mol. The summed E-state index contributed by atoms with van der Waals surface area (Å²) in [6, 6.07) is 1.51. The van der Waals surface area contributed by atoms with Crippen molar-refractivity contribution < 1.29 is 5.11 Å². The molecule has 2 N–H and O–H groups in total. The molecule has 1 atom stereocenters. The molecule has 0 amide bonds. The van der Waals surface area contributed by atoms with E-state index in [1.807, 2.05) is 13.8 Å². The Kier molecular flexibility index (Phi) is 4.29. The predicted molar refractivity (Wildman–Crippen MR) is 68.6 cm³/mol. The SMILES string of the molecule is CC(O)C(C)(C)Nc1nc(Cl)c(Cl)cc1Cl. The maximum Gasteiger partial charge on any atom is 0.150 e. The zero-order valence-corrected chi connectivity index (χ0v) is 11.5. The van der Waals surface area contributed by atoms with Crippen molar-refractivity contribution in [3.05, 3.63) is 21.3 Å². The number of hydrogen-bond donors (Lipinski definition) is 2. The van der Waals surface area contributed by atoms with Gasteiger partial charge in [0.2, 0.25) is 0 Å². The minimum atomic E-state index is -0.570. The highest BCUT2D eigenvalue weighted by Gasteiger charge is 2.25. The predicted octanol–water partition coefficient (Wildman–Crippen LogP) is 3.61. The fourth-order valence-corrected chi connectivity index (χ4v) is 1.49. The van der Waals surface area contributed by atoms with Gasteiger partial charge in [0.15, 0.2) is 0 Å². The van der Waals surface area contributed by atoms with Gasteiger partial charge in [0.05, 0.1) is 21.7 Å². The second kappa shape index (κ2) is 4.96. The molecule has 0 aliphatic rings. The van der Waals surface area contributed by atoms with Gasteiger partial charge in [-0.2, -0.15) is 0 Å². The van der Waals surface area contributed by atoms with Crippen molar-refractivity contribution in [2.45, 2.75) is 32.4 Å². The third-order valence-electron chi connectivity index (χ3n) is 2.37. The average Bonchev–Trinajstić information content (AvgIpc) is 2.13. The number of anilines is 1. The largest absolute Gasteiger partial charge is 0.391 e. The minimum Gasteiger partial charge on any atom is -0.391 e. The topological polar surface area (TPSA) is 45.1 Å². The summed E-state index contributed by atoms with van der Waals surface area (Å²) in [6.45, 7) is 5.34. The normalized spacial score (nSPS) is 13.7. The van der Waals surface area contributed by atoms with E-state index in [4.69, 9.17) is 34.8 Å². The van der Waals surface area contributed by atoms with Crippen LogP contribution in [0.5, 0.6) is 0 Å². The zero-order chi connectivity index (χ0) is 12.5. The number of rotatable bonds is 3. The van der Waals surface area contributed by atoms with Crippen LogP contribution in [0.3, 0.4) is 0 Å². The van der Waals surface area contributed by atoms with E-state index in [1.165, 1.54) is 6.07 Å². The average molecular weight is 284 g/mol. The van der Waals surface area contributed by atoms with Crippen molar-refractivity contribution in [3.63, 3.8) is 0 Å². The lowest BCUT2D eigenvalue weighted by Gasteiger charge is -2.30. The Labute approximate surface area is 110 Å². The van der Waals surface area contributed by atoms with E-state index in [2.05, 4.69) is 10.3 Å². The van der Waals surface area contributed by atoms with E-state index >= 15 is 0 Å². The van der Waals surface area contributed by atoms with Crippen molar-refractivity contribution in [2.24, 2.45) is 0 Å². The van der Waals surface area contributed by atoms with Crippen LogP contribution in [0.15, 0.2) is 6.07 Å². The van der Waals surface area contributed by atoms with Crippen LogP contribution in [0.2, 0.25) is 15.2 Å². The van der Waals surface area contributed by atoms with E-state index in [1.54, 1.807) is 6.92 Å². The lowest BCUT2D eigenvalue weighted by atomic mass is 9.99. The van der Waals surface area contributed by atoms with E-state index in [0.717, 1.165) is 0 Å².